The summed E-state index contributed by atoms with van der Waals surface area (Å²) >= 11 is 18.5. The van der Waals surface area contributed by atoms with E-state index in [1.165, 1.54) is 24.3 Å². The van der Waals surface area contributed by atoms with Gasteiger partial charge in [0.2, 0.25) is 0 Å². The van der Waals surface area contributed by atoms with Crippen molar-refractivity contribution in [1.82, 2.24) is 5.32 Å². The van der Waals surface area contributed by atoms with Gasteiger partial charge in [-0.25, -0.2) is 9.69 Å². The van der Waals surface area contributed by atoms with E-state index in [0.717, 1.165) is 16.0 Å². The van der Waals surface area contributed by atoms with Crippen LogP contribution in [0.2, 0.25) is 15.1 Å². The van der Waals surface area contributed by atoms with Crippen molar-refractivity contribution in [2.75, 3.05) is 11.5 Å². The highest BCUT2D eigenvalue weighted by Gasteiger charge is 2.37. The number of carbonyl (C=O) groups is 3. The lowest BCUT2D eigenvalue weighted by Gasteiger charge is -2.26. The number of anilines is 1. The maximum Gasteiger partial charge on any atom is 0.335 e. The molecule has 4 amide bonds. The summed E-state index contributed by atoms with van der Waals surface area (Å²) in [6.07, 6.45) is 1.33. The standard InChI is InChI=1S/C27H21Cl3N2O5/c1-3-36-23-12-17(11-22(30)24(23)37-14-16-6-4-15(2)5-7-16)10-19-25(33)31-27(35)32(26(19)34)18-8-9-20(28)21(29)13-18/h4-13H,3,14H2,1-2H3,(H,31,33,35)/b19-10+. The summed E-state index contributed by atoms with van der Waals surface area (Å²) in [6.45, 7) is 4.40. The SMILES string of the molecule is CCOc1cc(/C=C2\C(=O)NC(=O)N(c3ccc(Cl)c(Cl)c3)C2=O)cc(Cl)c1OCc1ccc(C)cc1. The molecule has 0 aromatic heterocycles. The van der Waals surface area contributed by atoms with E-state index in [4.69, 9.17) is 44.3 Å². The zero-order chi connectivity index (χ0) is 26.7. The van der Waals surface area contributed by atoms with Crippen LogP contribution in [-0.2, 0) is 16.2 Å². The Morgan fingerprint density at radius 3 is 2.30 bits per heavy atom. The third kappa shape index (κ3) is 5.91. The van der Waals surface area contributed by atoms with Gasteiger partial charge in [-0.05, 0) is 61.4 Å². The predicted molar refractivity (Wildman–Crippen MR) is 144 cm³/mol. The molecule has 1 saturated heterocycles. The second-order valence-electron chi connectivity index (χ2n) is 8.09. The second-order valence-corrected chi connectivity index (χ2v) is 9.32. The van der Waals surface area contributed by atoms with Crippen LogP contribution >= 0.6 is 34.8 Å². The van der Waals surface area contributed by atoms with Gasteiger partial charge in [-0.1, -0.05) is 64.6 Å². The number of halogens is 3. The van der Waals surface area contributed by atoms with E-state index in [-0.39, 0.29) is 32.9 Å². The minimum absolute atomic E-state index is 0.150. The molecular weight excluding hydrogens is 539 g/mol. The van der Waals surface area contributed by atoms with Crippen molar-refractivity contribution in [3.63, 3.8) is 0 Å². The molecule has 0 bridgehead atoms. The van der Waals surface area contributed by atoms with Gasteiger partial charge in [0.15, 0.2) is 11.5 Å². The Bertz CT molecular complexity index is 1420. The summed E-state index contributed by atoms with van der Waals surface area (Å²) in [5.41, 5.74) is 2.36. The summed E-state index contributed by atoms with van der Waals surface area (Å²) in [4.78, 5) is 39.1. The third-order valence-electron chi connectivity index (χ3n) is 5.41. The van der Waals surface area contributed by atoms with E-state index in [9.17, 15) is 14.4 Å². The van der Waals surface area contributed by atoms with E-state index < -0.39 is 17.8 Å². The van der Waals surface area contributed by atoms with Crippen molar-refractivity contribution in [1.29, 1.82) is 0 Å². The molecular formula is C27H21Cl3N2O5. The van der Waals surface area contributed by atoms with Crippen LogP contribution in [0.4, 0.5) is 10.5 Å². The van der Waals surface area contributed by atoms with Crippen molar-refractivity contribution in [3.8, 4) is 11.5 Å². The maximum absolute atomic E-state index is 13.2. The molecule has 190 valence electrons. The molecule has 4 rings (SSSR count). The zero-order valence-corrected chi connectivity index (χ0v) is 22.1. The van der Waals surface area contributed by atoms with Crippen LogP contribution in [0.25, 0.3) is 6.08 Å². The van der Waals surface area contributed by atoms with Crippen LogP contribution in [0.1, 0.15) is 23.6 Å². The van der Waals surface area contributed by atoms with Gasteiger partial charge in [0.25, 0.3) is 11.8 Å². The number of hydrogen-bond donors (Lipinski definition) is 1. The molecule has 1 aliphatic heterocycles. The van der Waals surface area contributed by atoms with E-state index in [2.05, 4.69) is 5.32 Å². The predicted octanol–water partition coefficient (Wildman–Crippen LogP) is 6.60. The summed E-state index contributed by atoms with van der Waals surface area (Å²) in [5.74, 6) is -1.01. The first kappa shape index (κ1) is 26.5. The Labute approximate surface area is 228 Å². The topological polar surface area (TPSA) is 84.9 Å². The number of carbonyl (C=O) groups excluding carboxylic acids is 3. The molecule has 7 nitrogen and oxygen atoms in total. The normalized spacial score (nSPS) is 14.7. The molecule has 3 aromatic rings. The molecule has 0 aliphatic carbocycles. The number of hydrogen-bond acceptors (Lipinski definition) is 5. The number of rotatable bonds is 7. The number of amides is 4. The summed E-state index contributed by atoms with van der Waals surface area (Å²) in [7, 11) is 0. The number of imide groups is 2. The molecule has 0 spiro atoms. The molecule has 10 heteroatoms. The second kappa shape index (κ2) is 11.3. The van der Waals surface area contributed by atoms with Gasteiger partial charge in [-0.3, -0.25) is 14.9 Å². The lowest BCUT2D eigenvalue weighted by atomic mass is 10.1. The van der Waals surface area contributed by atoms with Gasteiger partial charge in [-0.2, -0.15) is 0 Å². The van der Waals surface area contributed by atoms with Gasteiger partial charge >= 0.3 is 6.03 Å². The van der Waals surface area contributed by atoms with Crippen LogP contribution in [0, 0.1) is 6.92 Å². The highest BCUT2D eigenvalue weighted by Crippen LogP contribution is 2.38. The molecule has 1 heterocycles. The van der Waals surface area contributed by atoms with E-state index >= 15 is 0 Å². The van der Waals surface area contributed by atoms with Gasteiger partial charge in [0.1, 0.15) is 12.2 Å². The van der Waals surface area contributed by atoms with E-state index in [0.29, 0.717) is 23.7 Å². The lowest BCUT2D eigenvalue weighted by molar-refractivity contribution is -0.122. The van der Waals surface area contributed by atoms with Crippen molar-refractivity contribution >= 4 is 64.4 Å². The molecule has 1 fully saturated rings. The summed E-state index contributed by atoms with van der Waals surface area (Å²) < 4.78 is 11.7. The van der Waals surface area contributed by atoms with Gasteiger partial charge < -0.3 is 9.47 Å². The summed E-state index contributed by atoms with van der Waals surface area (Å²) in [6, 6.07) is 14.4. The van der Waals surface area contributed by atoms with Crippen molar-refractivity contribution < 1.29 is 23.9 Å². The quantitative estimate of drug-likeness (QED) is 0.260. The number of barbiturate groups is 1. The number of urea groups is 1. The van der Waals surface area contributed by atoms with E-state index in [1.54, 1.807) is 12.1 Å². The van der Waals surface area contributed by atoms with Crippen LogP contribution < -0.4 is 19.7 Å². The Hall–Kier alpha value is -3.52. The maximum atomic E-state index is 13.2. The highest BCUT2D eigenvalue weighted by molar-refractivity contribution is 6.43. The molecule has 0 atom stereocenters. The number of nitrogens with zero attached hydrogens (tertiary/aromatic N) is 1. The molecule has 1 aliphatic rings. The van der Waals surface area contributed by atoms with Gasteiger partial charge in [0.05, 0.1) is 27.4 Å². The molecule has 0 radical (unpaired) electrons. The molecule has 0 unspecified atom stereocenters. The largest absolute Gasteiger partial charge is 0.490 e. The first-order chi connectivity index (χ1) is 17.7. The van der Waals surface area contributed by atoms with Crippen LogP contribution in [0.5, 0.6) is 11.5 Å². The number of benzene rings is 3. The highest BCUT2D eigenvalue weighted by atomic mass is 35.5. The smallest absolute Gasteiger partial charge is 0.335 e. The average Bonchev–Trinajstić information content (AvgIpc) is 2.84. The minimum Gasteiger partial charge on any atom is -0.490 e. The van der Waals surface area contributed by atoms with Crippen LogP contribution in [0.15, 0.2) is 60.2 Å². The number of aryl methyl sites for hydroxylation is 1. The first-order valence-corrected chi connectivity index (χ1v) is 12.3. The molecule has 3 aromatic carbocycles. The molecule has 1 N–H and O–H groups in total. The summed E-state index contributed by atoms with van der Waals surface area (Å²) in [5, 5.41) is 2.80. The Balaban J connectivity index is 1.66. The third-order valence-corrected chi connectivity index (χ3v) is 6.43. The van der Waals surface area contributed by atoms with Crippen LogP contribution in [0.3, 0.4) is 0 Å². The Morgan fingerprint density at radius 2 is 1.62 bits per heavy atom. The van der Waals surface area contributed by atoms with Crippen molar-refractivity contribution in [2.45, 2.75) is 20.5 Å². The van der Waals surface area contributed by atoms with Crippen LogP contribution in [-0.4, -0.2) is 24.5 Å². The lowest BCUT2D eigenvalue weighted by Crippen LogP contribution is -2.54. The zero-order valence-electron chi connectivity index (χ0n) is 19.8. The van der Waals surface area contributed by atoms with Gasteiger partial charge in [-0.15, -0.1) is 0 Å². The molecule has 37 heavy (non-hydrogen) atoms. The number of ether oxygens (including phenoxy) is 2. The fourth-order valence-electron chi connectivity index (χ4n) is 3.60. The Morgan fingerprint density at radius 1 is 0.892 bits per heavy atom. The Kier molecular flexibility index (Phi) is 8.07. The van der Waals surface area contributed by atoms with Gasteiger partial charge in [0, 0.05) is 0 Å². The monoisotopic (exact) mass is 558 g/mol. The fourth-order valence-corrected chi connectivity index (χ4v) is 4.16. The minimum atomic E-state index is -0.904. The fraction of sp³-hybridized carbons (Fsp3) is 0.148. The van der Waals surface area contributed by atoms with E-state index in [1.807, 2.05) is 38.1 Å². The molecule has 0 saturated carbocycles. The van der Waals surface area contributed by atoms with Crippen molar-refractivity contribution in [3.05, 3.63) is 91.9 Å². The number of nitrogens with one attached hydrogen (secondary N) is 1. The van der Waals surface area contributed by atoms with Crippen molar-refractivity contribution in [2.24, 2.45) is 0 Å². The first-order valence-electron chi connectivity index (χ1n) is 11.2. The average molecular weight is 560 g/mol.